The first kappa shape index (κ1) is 18.2. The highest BCUT2D eigenvalue weighted by Gasteiger charge is 2.55. The first-order valence-electron chi connectivity index (χ1n) is 9.97. The standard InChI is InChI=1S/C22H27NO4/c1-13(27-21(26)18-3-5-19(6-4-18)23-14(2)24)20(25)22-10-15-7-16(11-22)9-17(8-15)12-22/h3-6,13,15-17H,7-12H2,1-2H3,(H,23,24)/t13-,15?,16?,17?,22?/m1/s1. The van der Waals surface area contributed by atoms with Crippen molar-refractivity contribution in [2.75, 3.05) is 5.32 Å². The van der Waals surface area contributed by atoms with Crippen LogP contribution in [0.5, 0.6) is 0 Å². The molecule has 0 radical (unpaired) electrons. The van der Waals surface area contributed by atoms with Crippen molar-refractivity contribution in [3.63, 3.8) is 0 Å². The summed E-state index contributed by atoms with van der Waals surface area (Å²) in [5, 5.41) is 2.66. The SMILES string of the molecule is CC(=O)Nc1ccc(C(=O)O[C@H](C)C(=O)C23CC4CC(CC(C4)C2)C3)cc1. The van der Waals surface area contributed by atoms with E-state index in [9.17, 15) is 14.4 Å². The van der Waals surface area contributed by atoms with Gasteiger partial charge in [0, 0.05) is 18.0 Å². The molecule has 4 bridgehead atoms. The molecular weight excluding hydrogens is 342 g/mol. The van der Waals surface area contributed by atoms with Crippen molar-refractivity contribution in [2.24, 2.45) is 23.2 Å². The predicted molar refractivity (Wildman–Crippen MR) is 101 cm³/mol. The van der Waals surface area contributed by atoms with Crippen LogP contribution >= 0.6 is 0 Å². The lowest BCUT2D eigenvalue weighted by Gasteiger charge is -2.56. The second kappa shape index (κ2) is 6.77. The molecule has 0 aromatic heterocycles. The van der Waals surface area contributed by atoms with Crippen LogP contribution in [0.3, 0.4) is 0 Å². The van der Waals surface area contributed by atoms with Crippen LogP contribution in [0.4, 0.5) is 5.69 Å². The topological polar surface area (TPSA) is 72.5 Å². The van der Waals surface area contributed by atoms with E-state index in [0.29, 0.717) is 29.0 Å². The van der Waals surface area contributed by atoms with Crippen molar-refractivity contribution >= 4 is 23.3 Å². The highest BCUT2D eigenvalue weighted by Crippen LogP contribution is 2.60. The third-order valence-electron chi connectivity index (χ3n) is 6.65. The molecular formula is C22H27NO4. The number of amides is 1. The summed E-state index contributed by atoms with van der Waals surface area (Å²) in [5.41, 5.74) is 0.745. The quantitative estimate of drug-likeness (QED) is 0.797. The Morgan fingerprint density at radius 2 is 1.52 bits per heavy atom. The molecule has 1 amide bonds. The maximum absolute atomic E-state index is 13.2. The van der Waals surface area contributed by atoms with Crippen molar-refractivity contribution in [2.45, 2.75) is 58.5 Å². The van der Waals surface area contributed by atoms with Gasteiger partial charge >= 0.3 is 5.97 Å². The van der Waals surface area contributed by atoms with Gasteiger partial charge in [0.1, 0.15) is 0 Å². The fourth-order valence-electron chi connectivity index (χ4n) is 6.02. The van der Waals surface area contributed by atoms with Crippen molar-refractivity contribution in [3.8, 4) is 0 Å². The average Bonchev–Trinajstić information content (AvgIpc) is 2.60. The molecule has 0 unspecified atom stereocenters. The minimum Gasteiger partial charge on any atom is -0.451 e. The third kappa shape index (κ3) is 3.52. The van der Waals surface area contributed by atoms with E-state index in [0.717, 1.165) is 19.3 Å². The smallest absolute Gasteiger partial charge is 0.338 e. The first-order chi connectivity index (χ1) is 12.8. The molecule has 1 aromatic rings. The maximum Gasteiger partial charge on any atom is 0.338 e. The summed E-state index contributed by atoms with van der Waals surface area (Å²) >= 11 is 0. The number of Topliss-reactive ketones (excluding diaryl/α,β-unsaturated/α-hetero) is 1. The second-order valence-electron chi connectivity index (χ2n) is 8.87. The molecule has 4 fully saturated rings. The van der Waals surface area contributed by atoms with Crippen molar-refractivity contribution in [1.29, 1.82) is 0 Å². The number of esters is 1. The van der Waals surface area contributed by atoms with Gasteiger partial charge in [0.15, 0.2) is 11.9 Å². The lowest BCUT2D eigenvalue weighted by molar-refractivity contribution is -0.152. The molecule has 5 nitrogen and oxygen atoms in total. The molecule has 27 heavy (non-hydrogen) atoms. The van der Waals surface area contributed by atoms with E-state index in [1.54, 1.807) is 31.2 Å². The number of carbonyl (C=O) groups excluding carboxylic acids is 3. The molecule has 0 saturated heterocycles. The zero-order valence-electron chi connectivity index (χ0n) is 16.0. The Balaban J connectivity index is 1.41. The van der Waals surface area contributed by atoms with Gasteiger partial charge in [0.05, 0.1) is 5.56 Å². The van der Waals surface area contributed by atoms with Crippen molar-refractivity contribution in [3.05, 3.63) is 29.8 Å². The van der Waals surface area contributed by atoms with Gasteiger partial charge in [-0.05, 0) is 87.5 Å². The van der Waals surface area contributed by atoms with Gasteiger partial charge < -0.3 is 10.1 Å². The Hall–Kier alpha value is -2.17. The van der Waals surface area contributed by atoms with E-state index < -0.39 is 12.1 Å². The molecule has 1 N–H and O–H groups in total. The number of benzene rings is 1. The second-order valence-corrected chi connectivity index (χ2v) is 8.87. The van der Waals surface area contributed by atoms with E-state index in [1.807, 2.05) is 0 Å². The van der Waals surface area contributed by atoms with Gasteiger partial charge in [-0.3, -0.25) is 9.59 Å². The molecule has 5 rings (SSSR count). The molecule has 4 aliphatic rings. The summed E-state index contributed by atoms with van der Waals surface area (Å²) in [6.07, 6.45) is 6.05. The third-order valence-corrected chi connectivity index (χ3v) is 6.65. The van der Waals surface area contributed by atoms with Crippen LogP contribution in [-0.2, 0) is 14.3 Å². The number of anilines is 1. The Labute approximate surface area is 159 Å². The van der Waals surface area contributed by atoms with E-state index in [4.69, 9.17) is 4.74 Å². The summed E-state index contributed by atoms with van der Waals surface area (Å²) in [6, 6.07) is 6.53. The largest absolute Gasteiger partial charge is 0.451 e. The fourth-order valence-corrected chi connectivity index (χ4v) is 6.02. The van der Waals surface area contributed by atoms with E-state index in [2.05, 4.69) is 5.32 Å². The molecule has 0 heterocycles. The number of rotatable bonds is 5. The van der Waals surface area contributed by atoms with E-state index >= 15 is 0 Å². The minimum absolute atomic E-state index is 0.116. The minimum atomic E-state index is -0.719. The maximum atomic E-state index is 13.2. The average molecular weight is 369 g/mol. The summed E-state index contributed by atoms with van der Waals surface area (Å²) < 4.78 is 5.53. The lowest BCUT2D eigenvalue weighted by Crippen LogP contribution is -2.52. The van der Waals surface area contributed by atoms with Gasteiger partial charge in [0.2, 0.25) is 5.91 Å². The summed E-state index contributed by atoms with van der Waals surface area (Å²) in [4.78, 5) is 36.7. The monoisotopic (exact) mass is 369 g/mol. The number of carbonyl (C=O) groups is 3. The number of hydrogen-bond donors (Lipinski definition) is 1. The summed E-state index contributed by atoms with van der Waals surface area (Å²) in [7, 11) is 0. The highest BCUT2D eigenvalue weighted by molar-refractivity contribution is 5.95. The van der Waals surface area contributed by atoms with Crippen LogP contribution in [0.2, 0.25) is 0 Å². The number of ketones is 1. The van der Waals surface area contributed by atoms with E-state index in [-0.39, 0.29) is 17.1 Å². The molecule has 5 heteroatoms. The van der Waals surface area contributed by atoms with Crippen LogP contribution in [-0.4, -0.2) is 23.8 Å². The van der Waals surface area contributed by atoms with Crippen LogP contribution in [0.25, 0.3) is 0 Å². The Kier molecular flexibility index (Phi) is 4.57. The summed E-state index contributed by atoms with van der Waals surface area (Å²) in [5.74, 6) is 1.51. The molecule has 4 saturated carbocycles. The number of hydrogen-bond acceptors (Lipinski definition) is 4. The molecule has 0 aliphatic heterocycles. The number of ether oxygens (including phenoxy) is 1. The molecule has 4 aliphatic carbocycles. The Morgan fingerprint density at radius 1 is 1.00 bits per heavy atom. The predicted octanol–water partition coefficient (Wildman–Crippen LogP) is 3.98. The molecule has 144 valence electrons. The van der Waals surface area contributed by atoms with E-state index in [1.165, 1.54) is 26.2 Å². The van der Waals surface area contributed by atoms with Gasteiger partial charge in [-0.1, -0.05) is 0 Å². The molecule has 1 aromatic carbocycles. The van der Waals surface area contributed by atoms with Crippen molar-refractivity contribution < 1.29 is 19.1 Å². The van der Waals surface area contributed by atoms with Gasteiger partial charge in [-0.15, -0.1) is 0 Å². The Morgan fingerprint density at radius 3 is 2.00 bits per heavy atom. The highest BCUT2D eigenvalue weighted by atomic mass is 16.5. The van der Waals surface area contributed by atoms with Gasteiger partial charge in [-0.25, -0.2) is 4.79 Å². The van der Waals surface area contributed by atoms with Crippen LogP contribution in [0.1, 0.15) is 62.7 Å². The Bertz CT molecular complexity index is 732. The summed E-state index contributed by atoms with van der Waals surface area (Å²) in [6.45, 7) is 3.14. The zero-order chi connectivity index (χ0) is 19.2. The normalized spacial score (nSPS) is 32.0. The lowest BCUT2D eigenvalue weighted by atomic mass is 9.48. The molecule has 0 spiro atoms. The number of nitrogens with one attached hydrogen (secondary N) is 1. The zero-order valence-corrected chi connectivity index (χ0v) is 16.0. The van der Waals surface area contributed by atoms with Gasteiger partial charge in [-0.2, -0.15) is 0 Å². The van der Waals surface area contributed by atoms with Crippen LogP contribution in [0, 0.1) is 23.2 Å². The first-order valence-corrected chi connectivity index (χ1v) is 9.97. The van der Waals surface area contributed by atoms with Crippen LogP contribution < -0.4 is 5.32 Å². The van der Waals surface area contributed by atoms with Gasteiger partial charge in [0.25, 0.3) is 0 Å². The van der Waals surface area contributed by atoms with Crippen molar-refractivity contribution in [1.82, 2.24) is 0 Å². The van der Waals surface area contributed by atoms with Crippen LogP contribution in [0.15, 0.2) is 24.3 Å². The molecule has 1 atom stereocenters. The fraction of sp³-hybridized carbons (Fsp3) is 0.591.